The number of amides is 2. The Kier molecular flexibility index (Phi) is 6.02. The van der Waals surface area contributed by atoms with Gasteiger partial charge in [0.15, 0.2) is 0 Å². The Balaban J connectivity index is 2.91. The number of hydrogen-bond donors (Lipinski definition) is 1. The molecule has 1 rings (SSSR count). The molecule has 2 amide bonds. The summed E-state index contributed by atoms with van der Waals surface area (Å²) in [5, 5.41) is 2.54. The van der Waals surface area contributed by atoms with Gasteiger partial charge in [-0.25, -0.2) is 0 Å². The van der Waals surface area contributed by atoms with E-state index in [4.69, 9.17) is 0 Å². The summed E-state index contributed by atoms with van der Waals surface area (Å²) in [6.45, 7) is 4.58. The summed E-state index contributed by atoms with van der Waals surface area (Å²) in [7, 11) is 1.57. The van der Waals surface area contributed by atoms with Crippen molar-refractivity contribution in [3.8, 4) is 0 Å². The van der Waals surface area contributed by atoms with E-state index in [0.29, 0.717) is 12.1 Å². The van der Waals surface area contributed by atoms with Gasteiger partial charge in [0.25, 0.3) is 5.91 Å². The highest BCUT2D eigenvalue weighted by Crippen LogP contribution is 2.18. The molecule has 0 heterocycles. The minimum Gasteiger partial charge on any atom is -0.358 e. The predicted octanol–water partition coefficient (Wildman–Crippen LogP) is 2.36. The maximum atomic E-state index is 12.4. The van der Waals surface area contributed by atoms with Crippen molar-refractivity contribution in [1.82, 2.24) is 10.2 Å². The van der Waals surface area contributed by atoms with Crippen LogP contribution in [0.2, 0.25) is 0 Å². The van der Waals surface area contributed by atoms with Crippen molar-refractivity contribution in [3.05, 3.63) is 33.8 Å². The van der Waals surface area contributed by atoms with Gasteiger partial charge in [0.2, 0.25) is 5.91 Å². The summed E-state index contributed by atoms with van der Waals surface area (Å²) in [5.41, 5.74) is 1.61. The van der Waals surface area contributed by atoms with Crippen molar-refractivity contribution in [3.63, 3.8) is 0 Å². The fourth-order valence-electron chi connectivity index (χ4n) is 1.74. The second-order valence-corrected chi connectivity index (χ2v) is 5.22. The molecule has 0 aliphatic rings. The first-order valence-corrected chi connectivity index (χ1v) is 7.04. The van der Waals surface area contributed by atoms with Crippen molar-refractivity contribution in [2.24, 2.45) is 0 Å². The lowest BCUT2D eigenvalue weighted by molar-refractivity contribution is -0.121. The maximum Gasteiger partial charge on any atom is 0.254 e. The third-order valence-corrected chi connectivity index (χ3v) is 3.69. The lowest BCUT2D eigenvalue weighted by Gasteiger charge is -2.21. The summed E-state index contributed by atoms with van der Waals surface area (Å²) in [5.74, 6) is -0.267. The Labute approximate surface area is 122 Å². The molecule has 0 spiro atoms. The third-order valence-electron chi connectivity index (χ3n) is 2.80. The van der Waals surface area contributed by atoms with Gasteiger partial charge in [-0.05, 0) is 37.1 Å². The lowest BCUT2D eigenvalue weighted by Crippen LogP contribution is -2.40. The number of nitrogens with zero attached hydrogens (tertiary/aromatic N) is 1. The molecule has 0 aliphatic heterocycles. The van der Waals surface area contributed by atoms with Crippen LogP contribution in [0.3, 0.4) is 0 Å². The van der Waals surface area contributed by atoms with Gasteiger partial charge in [-0.2, -0.15) is 0 Å². The highest BCUT2D eigenvalue weighted by atomic mass is 79.9. The highest BCUT2D eigenvalue weighted by Gasteiger charge is 2.17. The molecule has 0 fully saturated rings. The van der Waals surface area contributed by atoms with E-state index in [-0.39, 0.29) is 18.4 Å². The largest absolute Gasteiger partial charge is 0.358 e. The maximum absolute atomic E-state index is 12.4. The molecule has 0 saturated carbocycles. The van der Waals surface area contributed by atoms with E-state index in [1.807, 2.05) is 26.0 Å². The van der Waals surface area contributed by atoms with Crippen molar-refractivity contribution < 1.29 is 9.59 Å². The molecule has 0 radical (unpaired) electrons. The van der Waals surface area contributed by atoms with Crippen LogP contribution >= 0.6 is 15.9 Å². The van der Waals surface area contributed by atoms with Crippen LogP contribution in [0.25, 0.3) is 0 Å². The van der Waals surface area contributed by atoms with Gasteiger partial charge in [-0.15, -0.1) is 0 Å². The number of likely N-dealkylation sites (N-methyl/N-ethyl adjacent to an activating group) is 1. The Morgan fingerprint density at radius 1 is 1.37 bits per heavy atom. The molecule has 5 heteroatoms. The molecule has 1 aromatic carbocycles. The number of carbonyl (C=O) groups is 2. The van der Waals surface area contributed by atoms with Crippen molar-refractivity contribution >= 4 is 27.7 Å². The molecule has 0 aliphatic carbocycles. The quantitative estimate of drug-likeness (QED) is 0.903. The molecule has 1 aromatic rings. The van der Waals surface area contributed by atoms with Crippen LogP contribution in [0.4, 0.5) is 0 Å². The second kappa shape index (κ2) is 7.28. The van der Waals surface area contributed by atoms with E-state index in [9.17, 15) is 9.59 Å². The average molecular weight is 327 g/mol. The van der Waals surface area contributed by atoms with E-state index < -0.39 is 0 Å². The first kappa shape index (κ1) is 15.7. The second-order valence-electron chi connectivity index (χ2n) is 4.36. The zero-order valence-corrected chi connectivity index (χ0v) is 13.1. The van der Waals surface area contributed by atoms with Crippen LogP contribution in [0.15, 0.2) is 22.7 Å². The van der Waals surface area contributed by atoms with Crippen molar-refractivity contribution in [2.45, 2.75) is 20.3 Å². The number of carbonyl (C=O) groups excluding carboxylic acids is 2. The number of rotatable bonds is 5. The van der Waals surface area contributed by atoms with Crippen molar-refractivity contribution in [2.75, 3.05) is 20.1 Å². The van der Waals surface area contributed by atoms with Gasteiger partial charge in [0.05, 0.1) is 6.54 Å². The Hall–Kier alpha value is -1.36. The fourth-order valence-corrected chi connectivity index (χ4v) is 1.98. The summed E-state index contributed by atoms with van der Waals surface area (Å²) >= 11 is 3.41. The Morgan fingerprint density at radius 2 is 2.05 bits per heavy atom. The van der Waals surface area contributed by atoms with E-state index in [1.165, 1.54) is 0 Å². The van der Waals surface area contributed by atoms with Crippen molar-refractivity contribution in [1.29, 1.82) is 0 Å². The molecule has 0 aromatic heterocycles. The van der Waals surface area contributed by atoms with E-state index >= 15 is 0 Å². The summed E-state index contributed by atoms with van der Waals surface area (Å²) in [6.07, 6.45) is 0.818. The van der Waals surface area contributed by atoms with Gasteiger partial charge >= 0.3 is 0 Å². The first-order valence-electron chi connectivity index (χ1n) is 6.25. The normalized spacial score (nSPS) is 10.1. The topological polar surface area (TPSA) is 49.4 Å². The zero-order valence-electron chi connectivity index (χ0n) is 11.5. The number of halogens is 1. The number of benzene rings is 1. The molecule has 0 saturated heterocycles. The zero-order chi connectivity index (χ0) is 14.4. The fraction of sp³-hybridized carbons (Fsp3) is 0.429. The SMILES string of the molecule is CCCN(CC(=O)NC)C(=O)c1ccc(Br)c(C)c1. The van der Waals surface area contributed by atoms with Gasteiger partial charge < -0.3 is 10.2 Å². The van der Waals surface area contributed by atoms with Gasteiger partial charge in [-0.3, -0.25) is 9.59 Å². The van der Waals surface area contributed by atoms with Crippen LogP contribution in [0.1, 0.15) is 29.3 Å². The molecular weight excluding hydrogens is 308 g/mol. The Morgan fingerprint density at radius 3 is 2.58 bits per heavy atom. The standard InChI is InChI=1S/C14H19BrN2O2/c1-4-7-17(9-13(18)16-3)14(19)11-5-6-12(15)10(2)8-11/h5-6,8H,4,7,9H2,1-3H3,(H,16,18). The van der Waals surface area contributed by atoms with Crippen LogP contribution < -0.4 is 5.32 Å². The molecule has 0 bridgehead atoms. The Bertz CT molecular complexity index is 475. The van der Waals surface area contributed by atoms with Crippen LogP contribution in [-0.2, 0) is 4.79 Å². The summed E-state index contributed by atoms with van der Waals surface area (Å²) < 4.78 is 0.970. The monoisotopic (exact) mass is 326 g/mol. The highest BCUT2D eigenvalue weighted by molar-refractivity contribution is 9.10. The predicted molar refractivity (Wildman–Crippen MR) is 79.1 cm³/mol. The smallest absolute Gasteiger partial charge is 0.254 e. The third kappa shape index (κ3) is 4.35. The number of aryl methyl sites for hydroxylation is 1. The summed E-state index contributed by atoms with van der Waals surface area (Å²) in [6, 6.07) is 5.46. The van der Waals surface area contributed by atoms with E-state index in [2.05, 4.69) is 21.2 Å². The minimum atomic E-state index is -0.157. The average Bonchev–Trinajstić information content (AvgIpc) is 2.40. The van der Waals surface area contributed by atoms with Gasteiger partial charge in [-0.1, -0.05) is 22.9 Å². The summed E-state index contributed by atoms with van der Waals surface area (Å²) in [4.78, 5) is 25.4. The number of hydrogen-bond acceptors (Lipinski definition) is 2. The molecule has 4 nitrogen and oxygen atoms in total. The first-order chi connectivity index (χ1) is 8.99. The minimum absolute atomic E-state index is 0.0955. The van der Waals surface area contributed by atoms with Crippen LogP contribution in [0, 0.1) is 6.92 Å². The van der Waals surface area contributed by atoms with E-state index in [1.54, 1.807) is 18.0 Å². The lowest BCUT2D eigenvalue weighted by atomic mass is 10.1. The molecule has 0 unspecified atom stereocenters. The molecule has 104 valence electrons. The molecule has 1 N–H and O–H groups in total. The van der Waals surface area contributed by atoms with Gasteiger partial charge in [0.1, 0.15) is 0 Å². The van der Waals surface area contributed by atoms with Gasteiger partial charge in [0, 0.05) is 23.6 Å². The molecule has 19 heavy (non-hydrogen) atoms. The van der Waals surface area contributed by atoms with Crippen LogP contribution in [-0.4, -0.2) is 36.9 Å². The van der Waals surface area contributed by atoms with E-state index in [0.717, 1.165) is 16.5 Å². The van der Waals surface area contributed by atoms with Crippen LogP contribution in [0.5, 0.6) is 0 Å². The number of nitrogens with one attached hydrogen (secondary N) is 1. The molecular formula is C14H19BrN2O2. The molecule has 0 atom stereocenters.